The van der Waals surface area contributed by atoms with Gasteiger partial charge in [-0.05, 0) is 45.9 Å². The summed E-state index contributed by atoms with van der Waals surface area (Å²) in [6.45, 7) is 2.54. The molecule has 0 saturated carbocycles. The molecule has 2 rings (SSSR count). The van der Waals surface area contributed by atoms with Gasteiger partial charge in [0.05, 0.1) is 6.54 Å². The first kappa shape index (κ1) is 15.0. The molecule has 0 atom stereocenters. The molecule has 0 aliphatic carbocycles. The number of rotatable bonds is 5. The predicted molar refractivity (Wildman–Crippen MR) is 86.4 cm³/mol. The Bertz CT molecular complexity index is 590. The number of halogens is 1. The molecule has 0 aromatic carbocycles. The average molecular weight is 354 g/mol. The van der Waals surface area contributed by atoms with Gasteiger partial charge in [-0.3, -0.25) is 4.79 Å². The van der Waals surface area contributed by atoms with E-state index in [0.717, 1.165) is 21.5 Å². The molecule has 2 N–H and O–H groups in total. The normalized spacial score (nSPS) is 10.3. The lowest BCUT2D eigenvalue weighted by Crippen LogP contribution is -2.23. The van der Waals surface area contributed by atoms with Crippen molar-refractivity contribution in [2.45, 2.75) is 19.9 Å². The monoisotopic (exact) mass is 353 g/mol. The van der Waals surface area contributed by atoms with E-state index in [2.05, 4.69) is 31.5 Å². The zero-order valence-electron chi connectivity index (χ0n) is 11.4. The highest BCUT2D eigenvalue weighted by Crippen LogP contribution is 2.22. The van der Waals surface area contributed by atoms with Crippen LogP contribution in [0.5, 0.6) is 0 Å². The Hall–Kier alpha value is -1.40. The van der Waals surface area contributed by atoms with Crippen molar-refractivity contribution in [3.63, 3.8) is 0 Å². The van der Waals surface area contributed by atoms with Crippen molar-refractivity contribution in [1.29, 1.82) is 0 Å². The lowest BCUT2D eigenvalue weighted by atomic mass is 10.2. The van der Waals surface area contributed by atoms with Gasteiger partial charge in [0.15, 0.2) is 0 Å². The summed E-state index contributed by atoms with van der Waals surface area (Å²) in [5, 5.41) is 7.90. The molecule has 6 heteroatoms. The van der Waals surface area contributed by atoms with Crippen LogP contribution >= 0.6 is 27.3 Å². The molecule has 106 valence electrons. The van der Waals surface area contributed by atoms with E-state index in [4.69, 9.17) is 0 Å². The second-order valence-electron chi connectivity index (χ2n) is 4.21. The molecule has 2 aromatic heterocycles. The van der Waals surface area contributed by atoms with Gasteiger partial charge in [-0.25, -0.2) is 4.98 Å². The molecule has 0 aliphatic heterocycles. The third-order valence-corrected chi connectivity index (χ3v) is 4.79. The van der Waals surface area contributed by atoms with Crippen LogP contribution in [0.2, 0.25) is 0 Å². The molecule has 4 nitrogen and oxygen atoms in total. The van der Waals surface area contributed by atoms with Gasteiger partial charge in [0.25, 0.3) is 5.91 Å². The molecule has 0 saturated heterocycles. The summed E-state index contributed by atoms with van der Waals surface area (Å²) in [4.78, 5) is 17.7. The Morgan fingerprint density at radius 1 is 1.45 bits per heavy atom. The molecule has 1 amide bonds. The Morgan fingerprint density at radius 2 is 2.25 bits per heavy atom. The zero-order valence-corrected chi connectivity index (χ0v) is 13.8. The van der Waals surface area contributed by atoms with Crippen molar-refractivity contribution in [2.24, 2.45) is 0 Å². The number of nitrogens with zero attached hydrogens (tertiary/aromatic N) is 1. The van der Waals surface area contributed by atoms with Gasteiger partial charge in [-0.15, -0.1) is 11.3 Å². The fourth-order valence-electron chi connectivity index (χ4n) is 1.74. The summed E-state index contributed by atoms with van der Waals surface area (Å²) in [7, 11) is 1.80. The summed E-state index contributed by atoms with van der Waals surface area (Å²) in [6.07, 6.45) is 0.798. The second kappa shape index (κ2) is 6.85. The van der Waals surface area contributed by atoms with Crippen LogP contribution in [0.4, 0.5) is 5.82 Å². The molecular formula is C14H16BrN3OS. The third-order valence-electron chi connectivity index (χ3n) is 2.86. The first-order chi connectivity index (χ1) is 9.63. The highest BCUT2D eigenvalue weighted by atomic mass is 79.9. The van der Waals surface area contributed by atoms with Gasteiger partial charge < -0.3 is 10.6 Å². The molecule has 0 radical (unpaired) electrons. The largest absolute Gasteiger partial charge is 0.373 e. The predicted octanol–water partition coefficient (Wildman–Crippen LogP) is 3.44. The molecule has 2 heterocycles. The maximum absolute atomic E-state index is 12.2. The molecular weight excluding hydrogens is 338 g/mol. The summed E-state index contributed by atoms with van der Waals surface area (Å²) < 4.78 is 1.03. The van der Waals surface area contributed by atoms with Gasteiger partial charge in [-0.2, -0.15) is 0 Å². The number of anilines is 1. The number of aromatic nitrogens is 1. The standard InChI is InChI=1S/C14H16BrN3OS/c1-3-10-6-9(7-13(16-2)18-10)14(19)17-8-12-11(15)4-5-20-12/h4-7H,3,8H2,1-2H3,(H,16,18)(H,17,19). The van der Waals surface area contributed by atoms with Gasteiger partial charge in [0, 0.05) is 27.7 Å². The first-order valence-electron chi connectivity index (χ1n) is 6.32. The minimum Gasteiger partial charge on any atom is -0.373 e. The fraction of sp³-hybridized carbons (Fsp3) is 0.286. The molecule has 0 unspecified atom stereocenters. The number of amides is 1. The van der Waals surface area contributed by atoms with Crippen LogP contribution in [0.1, 0.15) is 27.9 Å². The van der Waals surface area contributed by atoms with Crippen molar-refractivity contribution in [3.8, 4) is 0 Å². The van der Waals surface area contributed by atoms with Crippen LogP contribution in [0.25, 0.3) is 0 Å². The Balaban J connectivity index is 2.10. The molecule has 0 bridgehead atoms. The van der Waals surface area contributed by atoms with E-state index in [9.17, 15) is 4.79 Å². The Morgan fingerprint density at radius 3 is 2.85 bits per heavy atom. The lowest BCUT2D eigenvalue weighted by Gasteiger charge is -2.08. The number of aryl methyl sites for hydroxylation is 1. The topological polar surface area (TPSA) is 54.0 Å². The summed E-state index contributed by atoms with van der Waals surface area (Å²) in [5.74, 6) is 0.630. The Kier molecular flexibility index (Phi) is 5.14. The van der Waals surface area contributed by atoms with Crippen molar-refractivity contribution in [2.75, 3.05) is 12.4 Å². The van der Waals surface area contributed by atoms with Crippen LogP contribution in [0.15, 0.2) is 28.1 Å². The quantitative estimate of drug-likeness (QED) is 0.865. The number of carbonyl (C=O) groups is 1. The SMILES string of the molecule is CCc1cc(C(=O)NCc2sccc2Br)cc(NC)n1. The molecule has 0 spiro atoms. The molecule has 20 heavy (non-hydrogen) atoms. The van der Waals surface area contributed by atoms with E-state index >= 15 is 0 Å². The van der Waals surface area contributed by atoms with Crippen molar-refractivity contribution in [1.82, 2.24) is 10.3 Å². The summed E-state index contributed by atoms with van der Waals surface area (Å²) in [5.41, 5.74) is 1.54. The Labute approximate surface area is 130 Å². The van der Waals surface area contributed by atoms with Gasteiger partial charge in [0.2, 0.25) is 0 Å². The minimum absolute atomic E-state index is 0.0844. The van der Waals surface area contributed by atoms with E-state index in [1.807, 2.05) is 24.4 Å². The minimum atomic E-state index is -0.0844. The van der Waals surface area contributed by atoms with Gasteiger partial charge in [-0.1, -0.05) is 6.92 Å². The highest BCUT2D eigenvalue weighted by Gasteiger charge is 2.10. The number of hydrogen-bond acceptors (Lipinski definition) is 4. The first-order valence-corrected chi connectivity index (χ1v) is 8.00. The van der Waals surface area contributed by atoms with E-state index in [-0.39, 0.29) is 5.91 Å². The molecule has 2 aromatic rings. The van der Waals surface area contributed by atoms with E-state index < -0.39 is 0 Å². The van der Waals surface area contributed by atoms with Crippen LogP contribution < -0.4 is 10.6 Å². The van der Waals surface area contributed by atoms with Crippen LogP contribution in [0.3, 0.4) is 0 Å². The van der Waals surface area contributed by atoms with E-state index in [0.29, 0.717) is 17.9 Å². The highest BCUT2D eigenvalue weighted by molar-refractivity contribution is 9.10. The lowest BCUT2D eigenvalue weighted by molar-refractivity contribution is 0.0951. The maximum Gasteiger partial charge on any atom is 0.251 e. The van der Waals surface area contributed by atoms with Crippen LogP contribution in [-0.4, -0.2) is 17.9 Å². The van der Waals surface area contributed by atoms with Gasteiger partial charge in [0.1, 0.15) is 5.82 Å². The van der Waals surface area contributed by atoms with E-state index in [1.54, 1.807) is 24.5 Å². The van der Waals surface area contributed by atoms with Crippen molar-refractivity contribution >= 4 is 39.0 Å². The van der Waals surface area contributed by atoms with E-state index in [1.165, 1.54) is 0 Å². The summed E-state index contributed by atoms with van der Waals surface area (Å²) >= 11 is 5.07. The van der Waals surface area contributed by atoms with Crippen LogP contribution in [0, 0.1) is 0 Å². The number of carbonyl (C=O) groups excluding carboxylic acids is 1. The number of nitrogens with one attached hydrogen (secondary N) is 2. The second-order valence-corrected chi connectivity index (χ2v) is 6.07. The van der Waals surface area contributed by atoms with Gasteiger partial charge >= 0.3 is 0 Å². The molecule has 0 aliphatic rings. The number of pyridine rings is 1. The molecule has 0 fully saturated rings. The van der Waals surface area contributed by atoms with Crippen molar-refractivity contribution < 1.29 is 4.79 Å². The number of thiophene rings is 1. The maximum atomic E-state index is 12.2. The fourth-order valence-corrected chi connectivity index (χ4v) is 3.17. The smallest absolute Gasteiger partial charge is 0.251 e. The summed E-state index contributed by atoms with van der Waals surface area (Å²) in [6, 6.07) is 5.57. The zero-order chi connectivity index (χ0) is 14.5. The number of hydrogen-bond donors (Lipinski definition) is 2. The average Bonchev–Trinajstić information content (AvgIpc) is 2.89. The van der Waals surface area contributed by atoms with Crippen molar-refractivity contribution in [3.05, 3.63) is 44.2 Å². The third kappa shape index (κ3) is 3.58. The van der Waals surface area contributed by atoms with Crippen LogP contribution in [-0.2, 0) is 13.0 Å².